The zero-order chi connectivity index (χ0) is 22.0. The van der Waals surface area contributed by atoms with Gasteiger partial charge in [0.15, 0.2) is 29.1 Å². The molecule has 0 saturated carbocycles. The van der Waals surface area contributed by atoms with Gasteiger partial charge in [-0.2, -0.15) is 0 Å². The number of anilines is 1. The molecule has 3 rings (SSSR count). The van der Waals surface area contributed by atoms with Crippen molar-refractivity contribution in [2.24, 2.45) is 0 Å². The Bertz CT molecular complexity index is 1080. The van der Waals surface area contributed by atoms with Crippen molar-refractivity contribution in [2.45, 2.75) is 12.6 Å². The molecule has 30 heavy (non-hydrogen) atoms. The first-order valence-electron chi connectivity index (χ1n) is 8.56. The minimum Gasteiger partial charge on any atom is -0.507 e. The SMILES string of the molecule is O=C(c1cc(NCc2c(F)c(F)c(F)c(F)c2F)ccc1O)C(O)c1ccccc1. The second kappa shape index (κ2) is 8.50. The van der Waals surface area contributed by atoms with Crippen LogP contribution in [-0.2, 0) is 6.54 Å². The van der Waals surface area contributed by atoms with E-state index >= 15 is 0 Å². The van der Waals surface area contributed by atoms with Crippen LogP contribution in [0, 0.1) is 29.1 Å². The average molecular weight is 423 g/mol. The van der Waals surface area contributed by atoms with Gasteiger partial charge >= 0.3 is 0 Å². The van der Waals surface area contributed by atoms with Crippen molar-refractivity contribution in [1.29, 1.82) is 0 Å². The van der Waals surface area contributed by atoms with Crippen molar-refractivity contribution in [1.82, 2.24) is 0 Å². The van der Waals surface area contributed by atoms with Gasteiger partial charge in [0.2, 0.25) is 5.82 Å². The Kier molecular flexibility index (Phi) is 6.02. The zero-order valence-electron chi connectivity index (χ0n) is 15.1. The number of hydrogen-bond donors (Lipinski definition) is 3. The predicted molar refractivity (Wildman–Crippen MR) is 97.4 cm³/mol. The summed E-state index contributed by atoms with van der Waals surface area (Å²) in [4.78, 5) is 12.5. The van der Waals surface area contributed by atoms with Gasteiger partial charge < -0.3 is 15.5 Å². The van der Waals surface area contributed by atoms with Crippen LogP contribution in [0.3, 0.4) is 0 Å². The van der Waals surface area contributed by atoms with Crippen molar-refractivity contribution >= 4 is 11.5 Å². The fourth-order valence-corrected chi connectivity index (χ4v) is 2.77. The molecule has 0 spiro atoms. The molecule has 3 aromatic carbocycles. The first kappa shape index (κ1) is 21.3. The molecule has 0 aliphatic heterocycles. The molecule has 0 bridgehead atoms. The highest BCUT2D eigenvalue weighted by atomic mass is 19.2. The predicted octanol–water partition coefficient (Wildman–Crippen LogP) is 4.62. The number of rotatable bonds is 6. The van der Waals surface area contributed by atoms with Crippen LogP contribution in [0.25, 0.3) is 0 Å². The van der Waals surface area contributed by atoms with Gasteiger partial charge in [-0.1, -0.05) is 30.3 Å². The third kappa shape index (κ3) is 3.97. The number of aromatic hydroxyl groups is 1. The first-order chi connectivity index (χ1) is 14.2. The van der Waals surface area contributed by atoms with Gasteiger partial charge in [-0.25, -0.2) is 22.0 Å². The number of phenolic OH excluding ortho intramolecular Hbond substituents is 1. The molecule has 4 nitrogen and oxygen atoms in total. The number of benzene rings is 3. The van der Waals surface area contributed by atoms with Gasteiger partial charge in [0.25, 0.3) is 0 Å². The summed E-state index contributed by atoms with van der Waals surface area (Å²) in [5.74, 6) is -11.7. The summed E-state index contributed by atoms with van der Waals surface area (Å²) in [6, 6.07) is 11.3. The number of aliphatic hydroxyl groups is 1. The molecule has 0 saturated heterocycles. The van der Waals surface area contributed by atoms with Gasteiger partial charge in [0.05, 0.1) is 5.56 Å². The maximum absolute atomic E-state index is 13.8. The van der Waals surface area contributed by atoms with E-state index in [0.717, 1.165) is 12.1 Å². The highest BCUT2D eigenvalue weighted by Gasteiger charge is 2.26. The van der Waals surface area contributed by atoms with Crippen LogP contribution in [-0.4, -0.2) is 16.0 Å². The summed E-state index contributed by atoms with van der Waals surface area (Å²) in [6.45, 7) is -0.786. The Morgan fingerprint density at radius 1 is 0.867 bits per heavy atom. The number of hydrogen-bond acceptors (Lipinski definition) is 4. The summed E-state index contributed by atoms with van der Waals surface area (Å²) in [5.41, 5.74) is -1.06. The largest absolute Gasteiger partial charge is 0.507 e. The number of halogens is 5. The molecule has 0 aromatic heterocycles. The van der Waals surface area contributed by atoms with E-state index in [1.807, 2.05) is 0 Å². The molecule has 0 fully saturated rings. The number of ketones is 1. The van der Waals surface area contributed by atoms with E-state index < -0.39 is 58.8 Å². The Hall–Kier alpha value is -3.46. The molecule has 0 aliphatic carbocycles. The van der Waals surface area contributed by atoms with Crippen molar-refractivity contribution in [3.8, 4) is 5.75 Å². The lowest BCUT2D eigenvalue weighted by atomic mass is 9.99. The number of Topliss-reactive ketones (excluding diaryl/α,β-unsaturated/α-hetero) is 1. The fraction of sp³-hybridized carbons (Fsp3) is 0.0952. The second-order valence-electron chi connectivity index (χ2n) is 6.31. The molecule has 9 heteroatoms. The van der Waals surface area contributed by atoms with E-state index in [2.05, 4.69) is 5.32 Å². The number of nitrogens with one attached hydrogen (secondary N) is 1. The summed E-state index contributed by atoms with van der Waals surface area (Å²) in [7, 11) is 0. The average Bonchev–Trinajstić information content (AvgIpc) is 2.77. The molecule has 3 N–H and O–H groups in total. The van der Waals surface area contributed by atoms with Crippen LogP contribution in [0.5, 0.6) is 5.75 Å². The number of carbonyl (C=O) groups is 1. The van der Waals surface area contributed by atoms with Crippen LogP contribution < -0.4 is 5.32 Å². The van der Waals surface area contributed by atoms with Gasteiger partial charge in [-0.05, 0) is 23.8 Å². The maximum Gasteiger partial charge on any atom is 0.200 e. The van der Waals surface area contributed by atoms with Crippen molar-refractivity contribution in [3.05, 3.63) is 94.3 Å². The van der Waals surface area contributed by atoms with Gasteiger partial charge in [0, 0.05) is 17.8 Å². The minimum atomic E-state index is -2.26. The third-order valence-corrected chi connectivity index (χ3v) is 4.40. The van der Waals surface area contributed by atoms with Crippen LogP contribution in [0.4, 0.5) is 27.6 Å². The smallest absolute Gasteiger partial charge is 0.200 e. The lowest BCUT2D eigenvalue weighted by molar-refractivity contribution is 0.0744. The van der Waals surface area contributed by atoms with E-state index in [4.69, 9.17) is 0 Å². The quantitative estimate of drug-likeness (QED) is 0.178. The van der Waals surface area contributed by atoms with Crippen LogP contribution in [0.15, 0.2) is 48.5 Å². The molecule has 3 aromatic rings. The molecular weight excluding hydrogens is 409 g/mol. The van der Waals surface area contributed by atoms with Crippen LogP contribution in [0.2, 0.25) is 0 Å². The summed E-state index contributed by atoms with van der Waals surface area (Å²) in [5, 5.41) is 22.6. The molecule has 1 atom stereocenters. The number of aliphatic hydroxyl groups excluding tert-OH is 1. The summed E-state index contributed by atoms with van der Waals surface area (Å²) < 4.78 is 67.3. The highest BCUT2D eigenvalue weighted by Crippen LogP contribution is 2.28. The highest BCUT2D eigenvalue weighted by molar-refractivity contribution is 6.02. The number of carbonyl (C=O) groups excluding carboxylic acids is 1. The maximum atomic E-state index is 13.8. The van der Waals surface area contributed by atoms with Crippen molar-refractivity contribution in [3.63, 3.8) is 0 Å². The topological polar surface area (TPSA) is 69.6 Å². The molecule has 1 unspecified atom stereocenters. The van der Waals surface area contributed by atoms with E-state index in [-0.39, 0.29) is 16.8 Å². The lowest BCUT2D eigenvalue weighted by Gasteiger charge is -2.14. The summed E-state index contributed by atoms with van der Waals surface area (Å²) in [6.07, 6.45) is -1.58. The first-order valence-corrected chi connectivity index (χ1v) is 8.56. The molecule has 0 aliphatic rings. The Morgan fingerprint density at radius 2 is 1.43 bits per heavy atom. The van der Waals surface area contributed by atoms with Gasteiger partial charge in [-0.15, -0.1) is 0 Å². The van der Waals surface area contributed by atoms with Gasteiger partial charge in [0.1, 0.15) is 11.9 Å². The van der Waals surface area contributed by atoms with Gasteiger partial charge in [-0.3, -0.25) is 4.79 Å². The fourth-order valence-electron chi connectivity index (χ4n) is 2.77. The van der Waals surface area contributed by atoms with E-state index in [1.165, 1.54) is 18.2 Å². The Morgan fingerprint density at radius 3 is 2.03 bits per heavy atom. The monoisotopic (exact) mass is 423 g/mol. The van der Waals surface area contributed by atoms with Crippen LogP contribution in [0.1, 0.15) is 27.6 Å². The molecule has 0 radical (unpaired) electrons. The Balaban J connectivity index is 1.86. The minimum absolute atomic E-state index is 0.0420. The molecule has 0 heterocycles. The lowest BCUT2D eigenvalue weighted by Crippen LogP contribution is -2.14. The summed E-state index contributed by atoms with van der Waals surface area (Å²) >= 11 is 0. The standard InChI is InChI=1S/C21H14F5NO3/c22-15-13(16(23)18(25)19(26)17(15)24)9-27-11-6-7-14(28)12(8-11)21(30)20(29)10-4-2-1-3-5-10/h1-8,20,27-29H,9H2. The van der Waals surface area contributed by atoms with Crippen LogP contribution >= 0.6 is 0 Å². The van der Waals surface area contributed by atoms with E-state index in [9.17, 15) is 37.0 Å². The van der Waals surface area contributed by atoms with Crippen molar-refractivity contribution in [2.75, 3.05) is 5.32 Å². The Labute approximate surface area is 167 Å². The molecule has 0 amide bonds. The second-order valence-corrected chi connectivity index (χ2v) is 6.31. The molecular formula is C21H14F5NO3. The van der Waals surface area contributed by atoms with E-state index in [0.29, 0.717) is 0 Å². The van der Waals surface area contributed by atoms with E-state index in [1.54, 1.807) is 18.2 Å². The van der Waals surface area contributed by atoms with Crippen molar-refractivity contribution < 1.29 is 37.0 Å². The number of phenols is 1. The molecule has 156 valence electrons. The third-order valence-electron chi connectivity index (χ3n) is 4.40. The normalized spacial score (nSPS) is 11.9. The zero-order valence-corrected chi connectivity index (χ0v) is 15.1.